The molecule has 0 spiro atoms. The van der Waals surface area contributed by atoms with Crippen LogP contribution in [0.3, 0.4) is 0 Å². The van der Waals surface area contributed by atoms with Gasteiger partial charge in [0.25, 0.3) is 11.8 Å². The number of esters is 1. The highest BCUT2D eigenvalue weighted by Gasteiger charge is 2.40. The molecule has 0 unspecified atom stereocenters. The number of hydrogen-bond acceptors (Lipinski definition) is 10. The van der Waals surface area contributed by atoms with Crippen LogP contribution >= 0.6 is 68.0 Å². The number of aryl methyl sites for hydroxylation is 4. The number of hydrogen-bond donors (Lipinski definition) is 0. The van der Waals surface area contributed by atoms with Crippen LogP contribution in [0, 0.1) is 27.7 Å². The summed E-state index contributed by atoms with van der Waals surface area (Å²) in [6.07, 6.45) is 2.73. The number of ether oxygens (including phenoxy) is 1. The van der Waals surface area contributed by atoms with Gasteiger partial charge in [0.15, 0.2) is 0 Å². The predicted octanol–water partition coefficient (Wildman–Crippen LogP) is 11.1. The summed E-state index contributed by atoms with van der Waals surface area (Å²) in [5.41, 5.74) is 3.07. The Balaban J connectivity index is 1.33. The van der Waals surface area contributed by atoms with E-state index >= 15 is 0 Å². The molecular weight excluding hydrogens is 691 g/mol. The Bertz CT molecular complexity index is 2460. The van der Waals surface area contributed by atoms with Crippen molar-refractivity contribution in [1.29, 1.82) is 0 Å². The van der Waals surface area contributed by atoms with E-state index in [1.54, 1.807) is 11.3 Å². The molecule has 0 N–H and O–H groups in total. The summed E-state index contributed by atoms with van der Waals surface area (Å²) in [5.74, 6) is -1.15. The highest BCUT2D eigenvalue weighted by molar-refractivity contribution is 7.33. The average Bonchev–Trinajstić information content (AvgIpc) is 3.87. The summed E-state index contributed by atoms with van der Waals surface area (Å²) in [5, 5.41) is 3.42. The van der Waals surface area contributed by atoms with Gasteiger partial charge in [0.2, 0.25) is 0 Å². The van der Waals surface area contributed by atoms with Crippen molar-refractivity contribution in [2.45, 2.75) is 27.7 Å². The molecule has 230 valence electrons. The molecule has 0 radical (unpaired) electrons. The lowest BCUT2D eigenvalue weighted by Crippen LogP contribution is -2.30. The van der Waals surface area contributed by atoms with Gasteiger partial charge in [0, 0.05) is 74.0 Å². The van der Waals surface area contributed by atoms with Crippen LogP contribution in [0.1, 0.15) is 39.5 Å². The molecule has 0 bridgehead atoms. The number of amides is 2. The molecule has 0 aliphatic carbocycles. The highest BCUT2D eigenvalue weighted by atomic mass is 32.1. The Hall–Kier alpha value is -3.45. The smallest absolute Gasteiger partial charge is 0.330 e. The maximum absolute atomic E-state index is 13.6. The summed E-state index contributed by atoms with van der Waals surface area (Å²) in [6.45, 7) is 8.57. The lowest BCUT2D eigenvalue weighted by molar-refractivity contribution is -0.134. The Labute approximate surface area is 288 Å². The third-order valence-corrected chi connectivity index (χ3v) is 15.1. The van der Waals surface area contributed by atoms with E-state index in [-0.39, 0.29) is 18.4 Å². The zero-order chi connectivity index (χ0) is 32.0. The minimum Gasteiger partial charge on any atom is -0.466 e. The van der Waals surface area contributed by atoms with Crippen LogP contribution < -0.4 is 0 Å². The van der Waals surface area contributed by atoms with E-state index in [4.69, 9.17) is 0 Å². The quantitative estimate of drug-likeness (QED) is 0.0977. The minimum atomic E-state index is -0.525. The molecule has 1 aliphatic rings. The van der Waals surface area contributed by atoms with E-state index in [2.05, 4.69) is 61.9 Å². The summed E-state index contributed by atoms with van der Waals surface area (Å²) in [7, 11) is 1.29. The van der Waals surface area contributed by atoms with Crippen LogP contribution in [0.15, 0.2) is 48.6 Å². The zero-order valence-electron chi connectivity index (χ0n) is 25.4. The third kappa shape index (κ3) is 4.51. The molecule has 1 aromatic carbocycles. The largest absolute Gasteiger partial charge is 0.466 e. The fourth-order valence-electron chi connectivity index (χ4n) is 6.18. The van der Waals surface area contributed by atoms with Crippen LogP contribution in [0.25, 0.3) is 60.9 Å². The van der Waals surface area contributed by atoms with E-state index in [1.165, 1.54) is 91.2 Å². The van der Waals surface area contributed by atoms with Crippen LogP contribution in [-0.2, 0) is 9.53 Å². The van der Waals surface area contributed by atoms with Crippen LogP contribution in [0.2, 0.25) is 0 Å². The van der Waals surface area contributed by atoms with Crippen LogP contribution in [-0.4, -0.2) is 36.3 Å². The third-order valence-electron chi connectivity index (χ3n) is 8.14. The topological polar surface area (TPSA) is 63.7 Å². The molecule has 46 heavy (non-hydrogen) atoms. The van der Waals surface area contributed by atoms with Crippen molar-refractivity contribution < 1.29 is 19.1 Å². The van der Waals surface area contributed by atoms with Gasteiger partial charge in [-0.2, -0.15) is 0 Å². The fourth-order valence-corrected chi connectivity index (χ4v) is 13.2. The fraction of sp³-hybridized carbons (Fsp3) is 0.171. The highest BCUT2D eigenvalue weighted by Crippen LogP contribution is 2.55. The van der Waals surface area contributed by atoms with Crippen molar-refractivity contribution in [3.8, 4) is 30.6 Å². The maximum atomic E-state index is 13.6. The number of nitrogens with zero attached hydrogens (tertiary/aromatic N) is 1. The molecule has 11 heteroatoms. The second kappa shape index (κ2) is 11.1. The maximum Gasteiger partial charge on any atom is 0.330 e. The van der Waals surface area contributed by atoms with E-state index in [1.807, 2.05) is 52.3 Å². The lowest BCUT2D eigenvalue weighted by Gasteiger charge is -2.11. The molecule has 5 nitrogen and oxygen atoms in total. The first-order chi connectivity index (χ1) is 22.1. The molecule has 2 amide bonds. The Morgan fingerprint density at radius 1 is 0.696 bits per heavy atom. The Morgan fingerprint density at radius 3 is 1.98 bits per heavy atom. The molecule has 0 saturated carbocycles. The summed E-state index contributed by atoms with van der Waals surface area (Å²) >= 11 is 10.4. The van der Waals surface area contributed by atoms with Gasteiger partial charge < -0.3 is 4.74 Å². The normalized spacial score (nSPS) is 13.5. The molecule has 0 atom stereocenters. The van der Waals surface area contributed by atoms with Crippen molar-refractivity contribution in [2.75, 3.05) is 13.7 Å². The summed E-state index contributed by atoms with van der Waals surface area (Å²) < 4.78 is 8.21. The monoisotopic (exact) mass is 715 g/mol. The summed E-state index contributed by atoms with van der Waals surface area (Å²) in [6, 6.07) is 13.6. The Kier molecular flexibility index (Phi) is 7.20. The Morgan fingerprint density at radius 2 is 1.35 bits per heavy atom. The van der Waals surface area contributed by atoms with Crippen LogP contribution in [0.4, 0.5) is 0 Å². The number of fused-ring (bicyclic) bond motifs is 6. The number of imide groups is 1. The first kappa shape index (κ1) is 29.9. The second-order valence-corrected chi connectivity index (χ2v) is 18.3. The minimum absolute atomic E-state index is 0.0231. The SMILES string of the molecule is COC(=O)C=CCN1C(=O)c2sc3c(-c4cc5c(-c6ccc(C)s6)c(-c6ccc(C)s6)c6cc(C)sc6c5s4)sc(C)c3c2C1=O. The zero-order valence-corrected chi connectivity index (χ0v) is 30.3. The van der Waals surface area contributed by atoms with E-state index in [0.717, 1.165) is 24.7 Å². The number of thiophene rings is 6. The van der Waals surface area contributed by atoms with Crippen molar-refractivity contribution in [3.63, 3.8) is 0 Å². The molecule has 8 rings (SSSR count). The van der Waals surface area contributed by atoms with Gasteiger partial charge in [0.1, 0.15) is 4.88 Å². The molecule has 1 aliphatic heterocycles. The predicted molar refractivity (Wildman–Crippen MR) is 198 cm³/mol. The van der Waals surface area contributed by atoms with Gasteiger partial charge >= 0.3 is 5.97 Å². The first-order valence-corrected chi connectivity index (χ1v) is 19.3. The molecule has 7 aromatic rings. The average molecular weight is 716 g/mol. The van der Waals surface area contributed by atoms with E-state index in [0.29, 0.717) is 10.4 Å². The van der Waals surface area contributed by atoms with Crippen LogP contribution in [0.5, 0.6) is 0 Å². The summed E-state index contributed by atoms with van der Waals surface area (Å²) in [4.78, 5) is 49.9. The number of carbonyl (C=O) groups is 3. The number of benzene rings is 1. The molecule has 6 aromatic heterocycles. The molecule has 0 fully saturated rings. The van der Waals surface area contributed by atoms with Gasteiger partial charge in [-0.25, -0.2) is 4.79 Å². The van der Waals surface area contributed by atoms with Crippen molar-refractivity contribution in [3.05, 3.63) is 78.5 Å². The molecule has 0 saturated heterocycles. The van der Waals surface area contributed by atoms with Crippen molar-refractivity contribution in [2.24, 2.45) is 0 Å². The standard InChI is InChI=1S/C35H25NO4S6/c1-15-8-10-21(41-15)26-19-13-17(3)43-29(19)30-20(27(26)22-11-9-16(2)42-22)14-23(45-30)31-32-25(18(4)44-31)28-33(46-32)35(39)36(34(28)38)12-6-7-24(37)40-5/h6-11,13-14H,12H2,1-5H3. The van der Waals surface area contributed by atoms with Crippen molar-refractivity contribution in [1.82, 2.24) is 4.90 Å². The van der Waals surface area contributed by atoms with Gasteiger partial charge in [-0.1, -0.05) is 6.08 Å². The van der Waals surface area contributed by atoms with Gasteiger partial charge in [-0.05, 0) is 64.1 Å². The number of methoxy groups -OCH3 is 1. The molecule has 7 heterocycles. The van der Waals surface area contributed by atoms with Gasteiger partial charge in [0.05, 0.1) is 31.7 Å². The van der Waals surface area contributed by atoms with E-state index < -0.39 is 5.97 Å². The first-order valence-electron chi connectivity index (χ1n) is 14.4. The number of carbonyl (C=O) groups excluding carboxylic acids is 3. The second-order valence-electron chi connectivity index (χ2n) is 11.2. The van der Waals surface area contributed by atoms with Gasteiger partial charge in [-0.15, -0.1) is 68.0 Å². The lowest BCUT2D eigenvalue weighted by atomic mass is 9.96. The molecular formula is C35H25NO4S6. The number of rotatable bonds is 6. The van der Waals surface area contributed by atoms with Gasteiger partial charge in [-0.3, -0.25) is 14.5 Å². The van der Waals surface area contributed by atoms with E-state index in [9.17, 15) is 14.4 Å². The van der Waals surface area contributed by atoms with Crippen molar-refractivity contribution >= 4 is 116 Å².